The molecule has 116 valence electrons. The highest BCUT2D eigenvalue weighted by atomic mass is 35.5. The Morgan fingerprint density at radius 1 is 1.09 bits per heavy atom. The lowest BCUT2D eigenvalue weighted by Gasteiger charge is -2.17. The number of benzene rings is 1. The molecule has 0 bridgehead atoms. The molecule has 3 aromatic rings. The Hall–Kier alpha value is -2.46. The number of nitrogens with zero attached hydrogens (tertiary/aromatic N) is 2. The van der Waals surface area contributed by atoms with Gasteiger partial charge in [-0.3, -0.25) is 4.79 Å². The Morgan fingerprint density at radius 3 is 2.48 bits per heavy atom. The van der Waals surface area contributed by atoms with Crippen LogP contribution in [0.25, 0.3) is 22.4 Å². The average Bonchev–Trinajstić information content (AvgIpc) is 2.56. The Kier molecular flexibility index (Phi) is 4.26. The quantitative estimate of drug-likeness (QED) is 0.668. The summed E-state index contributed by atoms with van der Waals surface area (Å²) >= 11 is 6.22. The van der Waals surface area contributed by atoms with Crippen LogP contribution in [0.1, 0.15) is 6.92 Å². The lowest BCUT2D eigenvalue weighted by atomic mass is 10.00. The Labute approximate surface area is 138 Å². The third-order valence-corrected chi connectivity index (χ3v) is 3.97. The minimum Gasteiger partial charge on any atom is -0.308 e. The van der Waals surface area contributed by atoms with Crippen molar-refractivity contribution in [2.75, 3.05) is 0 Å². The zero-order chi connectivity index (χ0) is 16.4. The van der Waals surface area contributed by atoms with E-state index in [9.17, 15) is 9.18 Å². The van der Waals surface area contributed by atoms with Gasteiger partial charge in [0.1, 0.15) is 11.0 Å². The summed E-state index contributed by atoms with van der Waals surface area (Å²) in [7, 11) is 0. The molecule has 0 radical (unpaired) electrons. The molecule has 1 aromatic carbocycles. The molecule has 0 aliphatic rings. The normalized spacial score (nSPS) is 10.7. The highest BCUT2D eigenvalue weighted by Crippen LogP contribution is 2.34. The zero-order valence-electron chi connectivity index (χ0n) is 12.5. The first-order valence-electron chi connectivity index (χ1n) is 7.22. The number of rotatable bonds is 3. The van der Waals surface area contributed by atoms with Crippen LogP contribution in [0.2, 0.25) is 5.15 Å². The van der Waals surface area contributed by atoms with Gasteiger partial charge in [-0.25, -0.2) is 9.37 Å². The fourth-order valence-corrected chi connectivity index (χ4v) is 2.84. The fraction of sp³-hybridized carbons (Fsp3) is 0.111. The van der Waals surface area contributed by atoms with E-state index in [1.54, 1.807) is 35.0 Å². The van der Waals surface area contributed by atoms with E-state index in [4.69, 9.17) is 11.6 Å². The van der Waals surface area contributed by atoms with Crippen molar-refractivity contribution in [1.82, 2.24) is 9.55 Å². The minimum atomic E-state index is -0.323. The van der Waals surface area contributed by atoms with Crippen LogP contribution >= 0.6 is 11.6 Å². The third-order valence-electron chi connectivity index (χ3n) is 3.67. The van der Waals surface area contributed by atoms with Gasteiger partial charge in [0.25, 0.3) is 5.56 Å². The van der Waals surface area contributed by atoms with E-state index in [1.165, 1.54) is 18.2 Å². The molecule has 0 N–H and O–H groups in total. The minimum absolute atomic E-state index is 0.115. The molecule has 0 atom stereocenters. The molecule has 0 saturated carbocycles. The van der Waals surface area contributed by atoms with Gasteiger partial charge in [0.2, 0.25) is 0 Å². The molecule has 2 aromatic heterocycles. The SMILES string of the molecule is CCn1c(-c2ccc(F)cc2)c(-c2cccnc2Cl)ccc1=O. The van der Waals surface area contributed by atoms with Gasteiger partial charge in [0, 0.05) is 29.9 Å². The van der Waals surface area contributed by atoms with Gasteiger partial charge in [-0.1, -0.05) is 11.6 Å². The van der Waals surface area contributed by atoms with Gasteiger partial charge >= 0.3 is 0 Å². The van der Waals surface area contributed by atoms with Crippen molar-refractivity contribution in [3.63, 3.8) is 0 Å². The molecular formula is C18H14ClFN2O. The second-order valence-corrected chi connectivity index (χ2v) is 5.38. The summed E-state index contributed by atoms with van der Waals surface area (Å²) in [5.74, 6) is -0.323. The van der Waals surface area contributed by atoms with Gasteiger partial charge in [0.15, 0.2) is 0 Å². The molecule has 5 heteroatoms. The summed E-state index contributed by atoms with van der Waals surface area (Å²) in [5.41, 5.74) is 2.86. The predicted octanol–water partition coefficient (Wildman–Crippen LogP) is 4.39. The molecule has 0 amide bonds. The fourth-order valence-electron chi connectivity index (χ4n) is 2.62. The highest BCUT2D eigenvalue weighted by molar-refractivity contribution is 6.32. The topological polar surface area (TPSA) is 34.9 Å². The lowest BCUT2D eigenvalue weighted by molar-refractivity contribution is 0.628. The van der Waals surface area contributed by atoms with Crippen LogP contribution in [0.5, 0.6) is 0 Å². The van der Waals surface area contributed by atoms with Crippen molar-refractivity contribution in [3.05, 3.63) is 76.1 Å². The number of aromatic nitrogens is 2. The van der Waals surface area contributed by atoms with Crippen LogP contribution in [-0.4, -0.2) is 9.55 Å². The van der Waals surface area contributed by atoms with Gasteiger partial charge in [-0.15, -0.1) is 0 Å². The number of halogens is 2. The van der Waals surface area contributed by atoms with Gasteiger partial charge in [-0.05, 0) is 55.0 Å². The zero-order valence-corrected chi connectivity index (χ0v) is 13.2. The average molecular weight is 329 g/mol. The molecule has 3 nitrogen and oxygen atoms in total. The number of pyridine rings is 2. The van der Waals surface area contributed by atoms with E-state index in [1.807, 2.05) is 13.0 Å². The summed E-state index contributed by atoms with van der Waals surface area (Å²) < 4.78 is 14.9. The van der Waals surface area contributed by atoms with E-state index in [0.29, 0.717) is 17.4 Å². The predicted molar refractivity (Wildman–Crippen MR) is 90.0 cm³/mol. The monoisotopic (exact) mass is 328 g/mol. The summed E-state index contributed by atoms with van der Waals surface area (Å²) in [6, 6.07) is 12.9. The van der Waals surface area contributed by atoms with E-state index in [-0.39, 0.29) is 11.4 Å². The maximum absolute atomic E-state index is 13.3. The molecule has 0 aliphatic heterocycles. The number of hydrogen-bond acceptors (Lipinski definition) is 2. The van der Waals surface area contributed by atoms with Crippen molar-refractivity contribution in [1.29, 1.82) is 0 Å². The molecular weight excluding hydrogens is 315 g/mol. The standard InChI is InChI=1S/C18H14ClFN2O/c1-2-22-16(23)10-9-14(15-4-3-11-21-18(15)19)17(22)12-5-7-13(20)8-6-12/h3-11H,2H2,1H3. The maximum Gasteiger partial charge on any atom is 0.251 e. The second-order valence-electron chi connectivity index (χ2n) is 5.03. The van der Waals surface area contributed by atoms with Gasteiger partial charge in [0.05, 0.1) is 5.69 Å². The van der Waals surface area contributed by atoms with Crippen LogP contribution in [0, 0.1) is 5.82 Å². The van der Waals surface area contributed by atoms with Crippen molar-refractivity contribution in [3.8, 4) is 22.4 Å². The summed E-state index contributed by atoms with van der Waals surface area (Å²) in [6.45, 7) is 2.39. The summed E-state index contributed by atoms with van der Waals surface area (Å²) in [4.78, 5) is 16.3. The van der Waals surface area contributed by atoms with Crippen LogP contribution < -0.4 is 5.56 Å². The van der Waals surface area contributed by atoms with Crippen molar-refractivity contribution < 1.29 is 4.39 Å². The molecule has 0 fully saturated rings. The van der Waals surface area contributed by atoms with Crippen LogP contribution in [0.4, 0.5) is 4.39 Å². The molecule has 0 aliphatic carbocycles. The first-order valence-corrected chi connectivity index (χ1v) is 7.60. The Bertz CT molecular complexity index is 904. The third kappa shape index (κ3) is 2.90. The number of hydrogen-bond donors (Lipinski definition) is 0. The molecule has 23 heavy (non-hydrogen) atoms. The van der Waals surface area contributed by atoms with Crippen molar-refractivity contribution in [2.24, 2.45) is 0 Å². The van der Waals surface area contributed by atoms with Crippen molar-refractivity contribution in [2.45, 2.75) is 13.5 Å². The molecule has 0 saturated heterocycles. The largest absolute Gasteiger partial charge is 0.308 e. The van der Waals surface area contributed by atoms with Gasteiger partial charge < -0.3 is 4.57 Å². The molecule has 0 unspecified atom stereocenters. The Morgan fingerprint density at radius 2 is 1.83 bits per heavy atom. The molecule has 2 heterocycles. The maximum atomic E-state index is 13.3. The van der Waals surface area contributed by atoms with E-state index >= 15 is 0 Å². The van der Waals surface area contributed by atoms with E-state index < -0.39 is 0 Å². The first-order chi connectivity index (χ1) is 11.1. The summed E-state index contributed by atoms with van der Waals surface area (Å²) in [5, 5.41) is 0.358. The van der Waals surface area contributed by atoms with E-state index in [2.05, 4.69) is 4.98 Å². The smallest absolute Gasteiger partial charge is 0.251 e. The summed E-state index contributed by atoms with van der Waals surface area (Å²) in [6.07, 6.45) is 1.61. The lowest BCUT2D eigenvalue weighted by Crippen LogP contribution is -2.20. The van der Waals surface area contributed by atoms with Crippen LogP contribution in [0.3, 0.4) is 0 Å². The van der Waals surface area contributed by atoms with Crippen molar-refractivity contribution >= 4 is 11.6 Å². The first kappa shape index (κ1) is 15.4. The van der Waals surface area contributed by atoms with E-state index in [0.717, 1.165) is 16.7 Å². The Balaban J connectivity index is 2.35. The van der Waals surface area contributed by atoms with Crippen LogP contribution in [0.15, 0.2) is 59.5 Å². The van der Waals surface area contributed by atoms with Crippen LogP contribution in [-0.2, 0) is 6.54 Å². The molecule has 3 rings (SSSR count). The van der Waals surface area contributed by atoms with Gasteiger partial charge in [-0.2, -0.15) is 0 Å². The molecule has 0 spiro atoms. The second kappa shape index (κ2) is 6.34. The highest BCUT2D eigenvalue weighted by Gasteiger charge is 2.15.